The zero-order valence-electron chi connectivity index (χ0n) is 17.0. The van der Waals surface area contributed by atoms with Gasteiger partial charge in [0, 0.05) is 17.4 Å². The van der Waals surface area contributed by atoms with E-state index >= 15 is 0 Å². The summed E-state index contributed by atoms with van der Waals surface area (Å²) in [6.07, 6.45) is 3.35. The quantitative estimate of drug-likeness (QED) is 0.473. The Kier molecular flexibility index (Phi) is 4.67. The molecule has 156 valence electrons. The zero-order chi connectivity index (χ0) is 22.2. The molecule has 6 heteroatoms. The molecule has 0 amide bonds. The van der Waals surface area contributed by atoms with E-state index in [0.717, 1.165) is 11.1 Å². The first kappa shape index (κ1) is 19.5. The van der Waals surface area contributed by atoms with Crippen LogP contribution in [0.3, 0.4) is 0 Å². The molecule has 2 aliphatic rings. The first-order chi connectivity index (χ1) is 15.5. The summed E-state index contributed by atoms with van der Waals surface area (Å²) in [7, 11) is 0. The number of benzene rings is 3. The van der Waals surface area contributed by atoms with Crippen LogP contribution in [0.15, 0.2) is 72.8 Å². The Hall–Kier alpha value is -4.45. The highest BCUT2D eigenvalue weighted by Gasteiger charge is 2.29. The number of carbonyl (C=O) groups excluding carboxylic acids is 3. The van der Waals surface area contributed by atoms with E-state index in [-0.39, 0.29) is 0 Å². The fraction of sp³-hybridized carbons (Fsp3) is 0.0385. The Balaban J connectivity index is 1.58. The summed E-state index contributed by atoms with van der Waals surface area (Å²) in [5, 5.41) is 1.13. The van der Waals surface area contributed by atoms with Crippen LogP contribution in [0.4, 0.5) is 0 Å². The van der Waals surface area contributed by atoms with Crippen molar-refractivity contribution in [3.63, 3.8) is 0 Å². The Morgan fingerprint density at radius 3 is 2.31 bits per heavy atom. The van der Waals surface area contributed by atoms with Gasteiger partial charge in [-0.05, 0) is 41.5 Å². The maximum Gasteiger partial charge on any atom is 0.344 e. The predicted octanol–water partition coefficient (Wildman–Crippen LogP) is 2.51. The van der Waals surface area contributed by atoms with Crippen LogP contribution < -0.4 is 24.6 Å². The van der Waals surface area contributed by atoms with Crippen molar-refractivity contribution in [2.24, 2.45) is 0 Å². The number of ether oxygens (including phenoxy) is 3. The average Bonchev–Trinajstić information content (AvgIpc) is 3.25. The molecular weight excluding hydrogens is 408 g/mol. The molecule has 3 aromatic carbocycles. The zero-order valence-corrected chi connectivity index (χ0v) is 17.0. The molecule has 0 unspecified atom stereocenters. The van der Waals surface area contributed by atoms with E-state index in [0.29, 0.717) is 38.8 Å². The molecule has 0 aromatic heterocycles. The normalized spacial score (nSPS) is 14.3. The molecule has 0 N–H and O–H groups in total. The highest BCUT2D eigenvalue weighted by atomic mass is 16.5. The Bertz CT molecular complexity index is 1450. The summed E-state index contributed by atoms with van der Waals surface area (Å²) >= 11 is 0. The lowest BCUT2D eigenvalue weighted by atomic mass is 10.0. The van der Waals surface area contributed by atoms with Crippen molar-refractivity contribution >= 4 is 35.1 Å². The fourth-order valence-corrected chi connectivity index (χ4v) is 3.72. The molecule has 0 spiro atoms. The first-order valence-corrected chi connectivity index (χ1v) is 9.88. The largest absolute Gasteiger partial charge is 0.427 e. The van der Waals surface area contributed by atoms with Crippen LogP contribution in [0.2, 0.25) is 0 Å². The van der Waals surface area contributed by atoms with Crippen molar-refractivity contribution in [2.75, 3.05) is 0 Å². The van der Waals surface area contributed by atoms with Crippen LogP contribution in [0.5, 0.6) is 17.2 Å². The molecule has 0 bridgehead atoms. The van der Waals surface area contributed by atoms with Crippen molar-refractivity contribution in [2.45, 2.75) is 6.92 Å². The van der Waals surface area contributed by atoms with Crippen molar-refractivity contribution in [1.29, 1.82) is 0 Å². The van der Waals surface area contributed by atoms with E-state index in [9.17, 15) is 14.4 Å². The molecule has 0 radical (unpaired) electrons. The van der Waals surface area contributed by atoms with Crippen LogP contribution in [0, 0.1) is 0 Å². The van der Waals surface area contributed by atoms with Gasteiger partial charge in [-0.15, -0.1) is 0 Å². The smallest absolute Gasteiger partial charge is 0.344 e. The van der Waals surface area contributed by atoms with Gasteiger partial charge in [-0.1, -0.05) is 48.5 Å². The highest BCUT2D eigenvalue weighted by Crippen LogP contribution is 2.25. The standard InChI is InChI=1S/C26H16O6/c1-15(27)30-18-9-5-6-16(12-18)10-11-19-20-13-23-21(14-22(20)31-25(19)28)24(26(29)32-23)17-7-3-2-4-8-17/h2-14H,1H3. The van der Waals surface area contributed by atoms with Gasteiger partial charge in [0.25, 0.3) is 0 Å². The summed E-state index contributed by atoms with van der Waals surface area (Å²) in [6, 6.07) is 19.4. The van der Waals surface area contributed by atoms with E-state index in [2.05, 4.69) is 0 Å². The Morgan fingerprint density at radius 2 is 1.53 bits per heavy atom. The van der Waals surface area contributed by atoms with Crippen LogP contribution in [-0.4, -0.2) is 17.9 Å². The van der Waals surface area contributed by atoms with Gasteiger partial charge in [-0.25, -0.2) is 9.59 Å². The summed E-state index contributed by atoms with van der Waals surface area (Å²) < 4.78 is 16.0. The van der Waals surface area contributed by atoms with E-state index in [4.69, 9.17) is 14.2 Å². The second-order valence-corrected chi connectivity index (χ2v) is 7.28. The van der Waals surface area contributed by atoms with Crippen LogP contribution in [0.25, 0.3) is 17.2 Å². The van der Waals surface area contributed by atoms with Crippen LogP contribution in [0.1, 0.15) is 18.1 Å². The predicted molar refractivity (Wildman–Crippen MR) is 116 cm³/mol. The third-order valence-corrected chi connectivity index (χ3v) is 5.10. The monoisotopic (exact) mass is 424 g/mol. The summed E-state index contributed by atoms with van der Waals surface area (Å²) in [5.74, 6) is -0.191. The number of rotatable bonds is 4. The fourth-order valence-electron chi connectivity index (χ4n) is 3.72. The second kappa shape index (κ2) is 7.67. The molecule has 32 heavy (non-hydrogen) atoms. The topological polar surface area (TPSA) is 78.9 Å². The van der Waals surface area contributed by atoms with Crippen LogP contribution in [-0.2, 0) is 14.4 Å². The van der Waals surface area contributed by atoms with E-state index in [1.165, 1.54) is 6.92 Å². The summed E-state index contributed by atoms with van der Waals surface area (Å²) in [4.78, 5) is 36.2. The average molecular weight is 424 g/mol. The number of carbonyl (C=O) groups is 3. The lowest BCUT2D eigenvalue weighted by Crippen LogP contribution is -2.10. The third-order valence-electron chi connectivity index (χ3n) is 5.10. The van der Waals surface area contributed by atoms with E-state index in [1.807, 2.05) is 36.4 Å². The minimum atomic E-state index is -0.497. The molecule has 0 saturated heterocycles. The van der Waals surface area contributed by atoms with Gasteiger partial charge in [0.05, 0.1) is 11.1 Å². The molecular formula is C26H16O6. The number of esters is 3. The minimum Gasteiger partial charge on any atom is -0.427 e. The molecule has 0 fully saturated rings. The summed E-state index contributed by atoms with van der Waals surface area (Å²) in [6.45, 7) is 1.33. The maximum atomic E-state index is 12.5. The van der Waals surface area contributed by atoms with E-state index < -0.39 is 17.9 Å². The summed E-state index contributed by atoms with van der Waals surface area (Å²) in [5.41, 5.74) is 2.25. The Morgan fingerprint density at radius 1 is 0.812 bits per heavy atom. The first-order valence-electron chi connectivity index (χ1n) is 9.88. The molecule has 3 aromatic rings. The number of fused-ring (bicyclic) bond motifs is 2. The highest BCUT2D eigenvalue weighted by molar-refractivity contribution is 6.20. The van der Waals surface area contributed by atoms with E-state index in [1.54, 1.807) is 42.5 Å². The van der Waals surface area contributed by atoms with Gasteiger partial charge in [0.1, 0.15) is 17.2 Å². The van der Waals surface area contributed by atoms with Gasteiger partial charge < -0.3 is 14.2 Å². The number of hydrogen-bond acceptors (Lipinski definition) is 6. The Labute approximate surface area is 182 Å². The van der Waals surface area contributed by atoms with Gasteiger partial charge in [0.2, 0.25) is 0 Å². The molecule has 6 nitrogen and oxygen atoms in total. The molecule has 2 heterocycles. The third kappa shape index (κ3) is 3.48. The lowest BCUT2D eigenvalue weighted by molar-refractivity contribution is -0.132. The van der Waals surface area contributed by atoms with Crippen molar-refractivity contribution in [1.82, 2.24) is 0 Å². The minimum absolute atomic E-state index is 0.338. The van der Waals surface area contributed by atoms with Crippen LogP contribution >= 0.6 is 0 Å². The number of hydrogen-bond donors (Lipinski definition) is 0. The SMILES string of the molecule is CC(=O)Oc1cccc(C=CC2=c3cc4c(cc3OC2=O)=C(c2ccccc2)C(=O)O4)c1. The molecule has 5 rings (SSSR count). The molecule has 2 aliphatic heterocycles. The molecule has 0 aliphatic carbocycles. The van der Waals surface area contributed by atoms with Crippen molar-refractivity contribution in [3.05, 3.63) is 94.4 Å². The molecule has 0 atom stereocenters. The van der Waals surface area contributed by atoms with Gasteiger partial charge in [0.15, 0.2) is 0 Å². The second-order valence-electron chi connectivity index (χ2n) is 7.28. The van der Waals surface area contributed by atoms with Gasteiger partial charge in [-0.3, -0.25) is 4.79 Å². The van der Waals surface area contributed by atoms with Gasteiger partial charge in [-0.2, -0.15) is 0 Å². The van der Waals surface area contributed by atoms with Crippen molar-refractivity contribution in [3.8, 4) is 17.2 Å². The van der Waals surface area contributed by atoms with Gasteiger partial charge >= 0.3 is 17.9 Å². The lowest BCUT2D eigenvalue weighted by Gasteiger charge is -2.01. The maximum absolute atomic E-state index is 12.5. The van der Waals surface area contributed by atoms with Crippen molar-refractivity contribution < 1.29 is 28.6 Å². The molecule has 0 saturated carbocycles.